The van der Waals surface area contributed by atoms with Crippen LogP contribution in [0.1, 0.15) is 38.7 Å². The Morgan fingerprint density at radius 2 is 1.86 bits per heavy atom. The van der Waals surface area contributed by atoms with Gasteiger partial charge in [0.1, 0.15) is 0 Å². The van der Waals surface area contributed by atoms with Crippen LogP contribution in [0.2, 0.25) is 0 Å². The number of aliphatic hydroxyl groups is 1. The summed E-state index contributed by atoms with van der Waals surface area (Å²) < 4.78 is 11.3. The van der Waals surface area contributed by atoms with Crippen molar-refractivity contribution in [2.24, 2.45) is 5.92 Å². The molecule has 0 bridgehead atoms. The Hall–Kier alpha value is -1.26. The number of benzene rings is 1. The lowest BCUT2D eigenvalue weighted by molar-refractivity contribution is 0.108. The quantitative estimate of drug-likeness (QED) is 0.801. The first-order valence-electron chi connectivity index (χ1n) is 8.39. The SMILES string of the molecule is CCOc1ccc(CN(C)CC2CCCC2O)cc1OCC. The molecule has 0 aliphatic heterocycles. The standard InChI is InChI=1S/C18H29NO3/c1-4-21-17-10-9-14(11-18(17)22-5-2)12-19(3)13-15-7-6-8-16(15)20/h9-11,15-16,20H,4-8,12-13H2,1-3H3. The fourth-order valence-electron chi connectivity index (χ4n) is 3.20. The lowest BCUT2D eigenvalue weighted by atomic mass is 10.1. The second-order valence-corrected chi connectivity index (χ2v) is 6.10. The Kier molecular flexibility index (Phi) is 6.52. The van der Waals surface area contributed by atoms with Gasteiger partial charge in [0, 0.05) is 13.1 Å². The molecule has 1 N–H and O–H groups in total. The van der Waals surface area contributed by atoms with Gasteiger partial charge in [-0.25, -0.2) is 0 Å². The van der Waals surface area contributed by atoms with Gasteiger partial charge >= 0.3 is 0 Å². The van der Waals surface area contributed by atoms with Crippen LogP contribution in [0.3, 0.4) is 0 Å². The van der Waals surface area contributed by atoms with Crippen molar-refractivity contribution in [2.75, 3.05) is 26.8 Å². The Morgan fingerprint density at radius 3 is 2.50 bits per heavy atom. The molecule has 1 aliphatic carbocycles. The molecular weight excluding hydrogens is 278 g/mol. The summed E-state index contributed by atoms with van der Waals surface area (Å²) in [5, 5.41) is 9.95. The first-order chi connectivity index (χ1) is 10.6. The summed E-state index contributed by atoms with van der Waals surface area (Å²) in [7, 11) is 2.11. The summed E-state index contributed by atoms with van der Waals surface area (Å²) in [6, 6.07) is 6.15. The van der Waals surface area contributed by atoms with Crippen LogP contribution >= 0.6 is 0 Å². The van der Waals surface area contributed by atoms with E-state index < -0.39 is 0 Å². The average molecular weight is 307 g/mol. The highest BCUT2D eigenvalue weighted by molar-refractivity contribution is 5.43. The zero-order chi connectivity index (χ0) is 15.9. The number of hydrogen-bond acceptors (Lipinski definition) is 4. The van der Waals surface area contributed by atoms with Crippen LogP contribution in [0.4, 0.5) is 0 Å². The number of rotatable bonds is 8. The van der Waals surface area contributed by atoms with Gasteiger partial charge in [0.25, 0.3) is 0 Å². The highest BCUT2D eigenvalue weighted by atomic mass is 16.5. The molecule has 4 nitrogen and oxygen atoms in total. The van der Waals surface area contributed by atoms with Gasteiger partial charge in [-0.3, -0.25) is 0 Å². The molecule has 1 aromatic carbocycles. The minimum absolute atomic E-state index is 0.123. The van der Waals surface area contributed by atoms with Crippen LogP contribution in [0.5, 0.6) is 11.5 Å². The summed E-state index contributed by atoms with van der Waals surface area (Å²) in [5.41, 5.74) is 1.21. The molecule has 2 atom stereocenters. The first kappa shape index (κ1) is 17.1. The highest BCUT2D eigenvalue weighted by Crippen LogP contribution is 2.30. The third-order valence-corrected chi connectivity index (χ3v) is 4.23. The maximum atomic E-state index is 9.95. The summed E-state index contributed by atoms with van der Waals surface area (Å²) in [4.78, 5) is 2.28. The Balaban J connectivity index is 1.97. The second-order valence-electron chi connectivity index (χ2n) is 6.10. The molecular formula is C18H29NO3. The molecule has 0 heterocycles. The van der Waals surface area contributed by atoms with Gasteiger partial charge in [-0.2, -0.15) is 0 Å². The Labute approximate surface area is 134 Å². The van der Waals surface area contributed by atoms with Crippen molar-refractivity contribution >= 4 is 0 Å². The number of ether oxygens (including phenoxy) is 2. The third-order valence-electron chi connectivity index (χ3n) is 4.23. The molecule has 0 spiro atoms. The number of aliphatic hydroxyl groups excluding tert-OH is 1. The summed E-state index contributed by atoms with van der Waals surface area (Å²) >= 11 is 0. The van der Waals surface area contributed by atoms with E-state index in [2.05, 4.69) is 24.1 Å². The molecule has 0 saturated heterocycles. The Morgan fingerprint density at radius 1 is 1.14 bits per heavy atom. The van der Waals surface area contributed by atoms with Crippen LogP contribution in [0.25, 0.3) is 0 Å². The molecule has 2 rings (SSSR count). The topological polar surface area (TPSA) is 41.9 Å². The average Bonchev–Trinajstić information content (AvgIpc) is 2.87. The fourth-order valence-corrected chi connectivity index (χ4v) is 3.20. The molecule has 1 aromatic rings. The van der Waals surface area contributed by atoms with Gasteiger partial charge in [-0.05, 0) is 57.4 Å². The minimum atomic E-state index is -0.123. The van der Waals surface area contributed by atoms with E-state index in [-0.39, 0.29) is 6.10 Å². The maximum Gasteiger partial charge on any atom is 0.161 e. The van der Waals surface area contributed by atoms with Crippen LogP contribution in [0.15, 0.2) is 18.2 Å². The third kappa shape index (κ3) is 4.62. The number of hydrogen-bond donors (Lipinski definition) is 1. The lowest BCUT2D eigenvalue weighted by Crippen LogP contribution is -2.29. The van der Waals surface area contributed by atoms with Crippen molar-refractivity contribution in [1.29, 1.82) is 0 Å². The van der Waals surface area contributed by atoms with Crippen molar-refractivity contribution in [2.45, 2.75) is 45.8 Å². The van der Waals surface area contributed by atoms with Gasteiger partial charge in [0.05, 0.1) is 19.3 Å². The number of nitrogens with zero attached hydrogens (tertiary/aromatic N) is 1. The molecule has 4 heteroatoms. The predicted octanol–water partition coefficient (Wildman–Crippen LogP) is 3.08. The zero-order valence-corrected chi connectivity index (χ0v) is 14.0. The molecule has 1 fully saturated rings. The van der Waals surface area contributed by atoms with Crippen LogP contribution < -0.4 is 9.47 Å². The molecule has 0 radical (unpaired) electrons. The highest BCUT2D eigenvalue weighted by Gasteiger charge is 2.26. The monoisotopic (exact) mass is 307 g/mol. The second kappa shape index (κ2) is 8.39. The summed E-state index contributed by atoms with van der Waals surface area (Å²) in [5.74, 6) is 2.04. The van der Waals surface area contributed by atoms with Crippen molar-refractivity contribution in [3.63, 3.8) is 0 Å². The van der Waals surface area contributed by atoms with Gasteiger partial charge < -0.3 is 19.5 Å². The van der Waals surface area contributed by atoms with Crippen molar-refractivity contribution < 1.29 is 14.6 Å². The van der Waals surface area contributed by atoms with Crippen molar-refractivity contribution in [3.05, 3.63) is 23.8 Å². The van der Waals surface area contributed by atoms with E-state index in [1.54, 1.807) is 0 Å². The van der Waals surface area contributed by atoms with E-state index >= 15 is 0 Å². The van der Waals surface area contributed by atoms with E-state index in [1.165, 1.54) is 5.56 Å². The molecule has 0 aromatic heterocycles. The van der Waals surface area contributed by atoms with E-state index in [0.717, 1.165) is 43.9 Å². The predicted molar refractivity (Wildman–Crippen MR) is 88.5 cm³/mol. The van der Waals surface area contributed by atoms with Gasteiger partial charge in [-0.1, -0.05) is 12.5 Å². The molecule has 124 valence electrons. The van der Waals surface area contributed by atoms with Gasteiger partial charge in [0.15, 0.2) is 11.5 Å². The molecule has 2 unspecified atom stereocenters. The van der Waals surface area contributed by atoms with E-state index in [0.29, 0.717) is 19.1 Å². The van der Waals surface area contributed by atoms with Crippen LogP contribution in [-0.4, -0.2) is 42.9 Å². The lowest BCUT2D eigenvalue weighted by Gasteiger charge is -2.23. The fraction of sp³-hybridized carbons (Fsp3) is 0.667. The molecule has 22 heavy (non-hydrogen) atoms. The summed E-state index contributed by atoms with van der Waals surface area (Å²) in [6.45, 7) is 7.03. The molecule has 0 amide bonds. The largest absolute Gasteiger partial charge is 0.490 e. The molecule has 1 saturated carbocycles. The summed E-state index contributed by atoms with van der Waals surface area (Å²) in [6.07, 6.45) is 3.12. The van der Waals surface area contributed by atoms with Gasteiger partial charge in [0.2, 0.25) is 0 Å². The van der Waals surface area contributed by atoms with Crippen molar-refractivity contribution in [3.8, 4) is 11.5 Å². The zero-order valence-electron chi connectivity index (χ0n) is 14.0. The Bertz CT molecular complexity index is 464. The van der Waals surface area contributed by atoms with E-state index in [9.17, 15) is 5.11 Å². The van der Waals surface area contributed by atoms with Crippen molar-refractivity contribution in [1.82, 2.24) is 4.90 Å². The minimum Gasteiger partial charge on any atom is -0.490 e. The van der Waals surface area contributed by atoms with E-state index in [1.807, 2.05) is 19.9 Å². The molecule has 1 aliphatic rings. The first-order valence-corrected chi connectivity index (χ1v) is 8.39. The van der Waals surface area contributed by atoms with Crippen LogP contribution in [0, 0.1) is 5.92 Å². The normalized spacial score (nSPS) is 21.3. The maximum absolute atomic E-state index is 9.95. The van der Waals surface area contributed by atoms with Crippen LogP contribution in [-0.2, 0) is 6.54 Å². The van der Waals surface area contributed by atoms with Gasteiger partial charge in [-0.15, -0.1) is 0 Å². The smallest absolute Gasteiger partial charge is 0.161 e. The van der Waals surface area contributed by atoms with E-state index in [4.69, 9.17) is 9.47 Å².